The maximum atomic E-state index is 12.2. The fourth-order valence-corrected chi connectivity index (χ4v) is 3.16. The number of H-pyrrole nitrogens is 1. The molecule has 0 radical (unpaired) electrons. The number of hydrogen-bond donors (Lipinski definition) is 2. The van der Waals surface area contributed by atoms with Crippen LogP contribution in [-0.4, -0.2) is 16.3 Å². The Morgan fingerprint density at radius 3 is 2.48 bits per heavy atom. The molecule has 0 bridgehead atoms. The first kappa shape index (κ1) is 19.1. The van der Waals surface area contributed by atoms with Crippen LogP contribution in [0.25, 0.3) is 10.9 Å². The first-order valence-electron chi connectivity index (χ1n) is 8.83. The third-order valence-corrected chi connectivity index (χ3v) is 4.54. The maximum Gasteiger partial charge on any atom is 0.573 e. The molecule has 0 fully saturated rings. The molecule has 144 valence electrons. The highest BCUT2D eigenvalue weighted by Crippen LogP contribution is 2.30. The van der Waals surface area contributed by atoms with Crippen molar-refractivity contribution in [1.82, 2.24) is 9.97 Å². The van der Waals surface area contributed by atoms with E-state index in [1.165, 1.54) is 28.6 Å². The number of halogens is 3. The van der Waals surface area contributed by atoms with Crippen LogP contribution < -0.4 is 10.1 Å². The summed E-state index contributed by atoms with van der Waals surface area (Å²) < 4.78 is 40.6. The predicted molar refractivity (Wildman–Crippen MR) is 100 cm³/mol. The van der Waals surface area contributed by atoms with Gasteiger partial charge in [-0.15, -0.1) is 13.2 Å². The number of aryl methyl sites for hydroxylation is 3. The van der Waals surface area contributed by atoms with Crippen molar-refractivity contribution in [3.05, 3.63) is 52.8 Å². The van der Waals surface area contributed by atoms with Gasteiger partial charge in [0.25, 0.3) is 0 Å². The number of benzene rings is 1. The van der Waals surface area contributed by atoms with Crippen molar-refractivity contribution < 1.29 is 17.9 Å². The summed E-state index contributed by atoms with van der Waals surface area (Å²) >= 11 is 0. The molecule has 3 rings (SSSR count). The zero-order valence-corrected chi connectivity index (χ0v) is 15.5. The minimum absolute atomic E-state index is 0.230. The van der Waals surface area contributed by atoms with Crippen LogP contribution in [-0.2, 0) is 13.0 Å². The van der Waals surface area contributed by atoms with Gasteiger partial charge >= 0.3 is 6.36 Å². The molecule has 2 N–H and O–H groups in total. The topological polar surface area (TPSA) is 49.9 Å². The van der Waals surface area contributed by atoms with Crippen LogP contribution in [0.1, 0.15) is 35.7 Å². The molecule has 0 saturated heterocycles. The van der Waals surface area contributed by atoms with E-state index >= 15 is 0 Å². The Kier molecular flexibility index (Phi) is 5.30. The summed E-state index contributed by atoms with van der Waals surface area (Å²) in [6.45, 7) is 6.71. The lowest BCUT2D eigenvalue weighted by atomic mass is 10.0. The van der Waals surface area contributed by atoms with E-state index < -0.39 is 6.36 Å². The van der Waals surface area contributed by atoms with E-state index in [-0.39, 0.29) is 5.75 Å². The molecular formula is C20H22F3N3O. The molecular weight excluding hydrogens is 355 g/mol. The highest BCUT2D eigenvalue weighted by Gasteiger charge is 2.30. The molecule has 2 aromatic heterocycles. The minimum Gasteiger partial charge on any atom is -0.406 e. The van der Waals surface area contributed by atoms with E-state index in [0.29, 0.717) is 6.54 Å². The lowest BCUT2D eigenvalue weighted by Crippen LogP contribution is -2.17. The number of alkyl halides is 3. The first-order chi connectivity index (χ1) is 12.8. The van der Waals surface area contributed by atoms with E-state index in [1.807, 2.05) is 13.1 Å². The highest BCUT2D eigenvalue weighted by molar-refractivity contribution is 5.94. The van der Waals surface area contributed by atoms with Crippen LogP contribution in [0.4, 0.5) is 19.0 Å². The molecule has 3 aromatic rings. The van der Waals surface area contributed by atoms with E-state index in [1.54, 1.807) is 12.1 Å². The standard InChI is InChI=1S/C20H22F3N3O/c1-4-5-15-11-25-19(18-17(15)12(2)13(3)26-18)24-10-14-6-8-16(9-7-14)27-20(21,22)23/h6-9,11,26H,4-5,10H2,1-3H3,(H,24,25). The Balaban J connectivity index is 1.79. The second-order valence-electron chi connectivity index (χ2n) is 6.55. The van der Waals surface area contributed by atoms with E-state index in [2.05, 4.69) is 33.9 Å². The molecule has 0 aliphatic carbocycles. The maximum absolute atomic E-state index is 12.2. The summed E-state index contributed by atoms with van der Waals surface area (Å²) in [6.07, 6.45) is -0.782. The summed E-state index contributed by atoms with van der Waals surface area (Å²) in [4.78, 5) is 7.94. The highest BCUT2D eigenvalue weighted by atomic mass is 19.4. The van der Waals surface area contributed by atoms with Gasteiger partial charge in [-0.1, -0.05) is 25.5 Å². The lowest BCUT2D eigenvalue weighted by Gasteiger charge is -2.11. The molecule has 4 nitrogen and oxygen atoms in total. The van der Waals surface area contributed by atoms with Gasteiger partial charge in [0.05, 0.1) is 5.52 Å². The van der Waals surface area contributed by atoms with E-state index in [4.69, 9.17) is 0 Å². The van der Waals surface area contributed by atoms with Crippen molar-refractivity contribution in [3.8, 4) is 5.75 Å². The number of rotatable bonds is 6. The number of ether oxygens (including phenoxy) is 1. The smallest absolute Gasteiger partial charge is 0.406 e. The lowest BCUT2D eigenvalue weighted by molar-refractivity contribution is -0.274. The largest absolute Gasteiger partial charge is 0.573 e. The predicted octanol–water partition coefficient (Wildman–Crippen LogP) is 5.64. The number of aromatic nitrogens is 2. The van der Waals surface area contributed by atoms with Gasteiger partial charge in [0.1, 0.15) is 5.75 Å². The number of pyridine rings is 1. The Morgan fingerprint density at radius 1 is 1.15 bits per heavy atom. The molecule has 2 heterocycles. The first-order valence-corrected chi connectivity index (χ1v) is 8.83. The second kappa shape index (κ2) is 7.50. The summed E-state index contributed by atoms with van der Waals surface area (Å²) in [6, 6.07) is 5.81. The Labute approximate surface area is 155 Å². The number of aromatic amines is 1. The number of nitrogens with zero attached hydrogens (tertiary/aromatic N) is 1. The van der Waals surface area contributed by atoms with Crippen molar-refractivity contribution in [2.45, 2.75) is 46.5 Å². The molecule has 0 aliphatic rings. The summed E-state index contributed by atoms with van der Waals surface area (Å²) in [5, 5.41) is 4.47. The van der Waals surface area contributed by atoms with Gasteiger partial charge in [0.2, 0.25) is 0 Å². The third kappa shape index (κ3) is 4.35. The van der Waals surface area contributed by atoms with Gasteiger partial charge in [0.15, 0.2) is 5.82 Å². The molecule has 0 spiro atoms. The minimum atomic E-state index is -4.68. The van der Waals surface area contributed by atoms with Crippen LogP contribution in [0, 0.1) is 13.8 Å². The quantitative estimate of drug-likeness (QED) is 0.584. The Bertz CT molecular complexity index is 930. The second-order valence-corrected chi connectivity index (χ2v) is 6.55. The molecule has 0 atom stereocenters. The normalized spacial score (nSPS) is 11.8. The van der Waals surface area contributed by atoms with Crippen LogP contribution in [0.5, 0.6) is 5.75 Å². The van der Waals surface area contributed by atoms with Crippen molar-refractivity contribution in [2.24, 2.45) is 0 Å². The average molecular weight is 377 g/mol. The van der Waals surface area contributed by atoms with Crippen molar-refractivity contribution >= 4 is 16.7 Å². The van der Waals surface area contributed by atoms with Crippen LogP contribution in [0.15, 0.2) is 30.5 Å². The van der Waals surface area contributed by atoms with Gasteiger partial charge < -0.3 is 15.0 Å². The zero-order valence-electron chi connectivity index (χ0n) is 15.5. The summed E-state index contributed by atoms with van der Waals surface area (Å²) in [5.41, 5.74) is 5.33. The third-order valence-electron chi connectivity index (χ3n) is 4.54. The van der Waals surface area contributed by atoms with Crippen LogP contribution in [0.3, 0.4) is 0 Å². The number of fused-ring (bicyclic) bond motifs is 1. The van der Waals surface area contributed by atoms with Gasteiger partial charge in [0, 0.05) is 23.8 Å². The molecule has 0 saturated carbocycles. The van der Waals surface area contributed by atoms with Crippen LogP contribution in [0.2, 0.25) is 0 Å². The van der Waals surface area contributed by atoms with E-state index in [9.17, 15) is 13.2 Å². The van der Waals surface area contributed by atoms with Crippen molar-refractivity contribution in [3.63, 3.8) is 0 Å². The fraction of sp³-hybridized carbons (Fsp3) is 0.350. The van der Waals surface area contributed by atoms with Gasteiger partial charge in [-0.2, -0.15) is 0 Å². The van der Waals surface area contributed by atoms with E-state index in [0.717, 1.165) is 35.4 Å². The number of nitrogens with one attached hydrogen (secondary N) is 2. The Morgan fingerprint density at radius 2 is 1.85 bits per heavy atom. The number of anilines is 1. The molecule has 7 heteroatoms. The average Bonchev–Trinajstić information content (AvgIpc) is 2.90. The summed E-state index contributed by atoms with van der Waals surface area (Å²) in [5.74, 6) is 0.503. The van der Waals surface area contributed by atoms with Gasteiger partial charge in [-0.3, -0.25) is 0 Å². The summed E-state index contributed by atoms with van der Waals surface area (Å²) in [7, 11) is 0. The van der Waals surface area contributed by atoms with Crippen molar-refractivity contribution in [1.29, 1.82) is 0 Å². The van der Waals surface area contributed by atoms with Gasteiger partial charge in [-0.05, 0) is 49.1 Å². The monoisotopic (exact) mass is 377 g/mol. The zero-order chi connectivity index (χ0) is 19.6. The number of hydrogen-bond acceptors (Lipinski definition) is 3. The van der Waals surface area contributed by atoms with Gasteiger partial charge in [-0.25, -0.2) is 4.98 Å². The molecule has 27 heavy (non-hydrogen) atoms. The Hall–Kier alpha value is -2.70. The molecule has 1 aromatic carbocycles. The SMILES string of the molecule is CCCc1cnc(NCc2ccc(OC(F)(F)F)cc2)c2[nH]c(C)c(C)c12. The molecule has 0 unspecified atom stereocenters. The molecule has 0 amide bonds. The van der Waals surface area contributed by atoms with Crippen LogP contribution >= 0.6 is 0 Å². The van der Waals surface area contributed by atoms with Crippen molar-refractivity contribution in [2.75, 3.05) is 5.32 Å². The fourth-order valence-electron chi connectivity index (χ4n) is 3.16. The molecule has 0 aliphatic heterocycles.